The van der Waals surface area contributed by atoms with Crippen molar-refractivity contribution in [3.8, 4) is 0 Å². The predicted molar refractivity (Wildman–Crippen MR) is 103 cm³/mol. The van der Waals surface area contributed by atoms with Gasteiger partial charge in [-0.2, -0.15) is 13.2 Å². The molecule has 0 radical (unpaired) electrons. The molecule has 0 aliphatic heterocycles. The molecule has 0 heterocycles. The van der Waals surface area contributed by atoms with Crippen molar-refractivity contribution in [1.82, 2.24) is 0 Å². The topological polar surface area (TPSA) is 26.0 Å². The molecule has 2 N–H and O–H groups in total. The molecule has 1 nitrogen and oxygen atoms in total. The Bertz CT molecular complexity index is 679. The Balaban J connectivity index is 1.97. The first kappa shape index (κ1) is 20.8. The van der Waals surface area contributed by atoms with Crippen molar-refractivity contribution in [3.05, 3.63) is 47.5 Å². The minimum Gasteiger partial charge on any atom is -0.316 e. The Labute approximate surface area is 154 Å². The van der Waals surface area contributed by atoms with Crippen LogP contribution in [0.15, 0.2) is 36.4 Å². The first-order valence-corrected chi connectivity index (χ1v) is 9.77. The number of alkyl halides is 3. The van der Waals surface area contributed by atoms with E-state index in [2.05, 4.69) is 6.92 Å². The zero-order valence-corrected chi connectivity index (χ0v) is 15.6. The lowest BCUT2D eigenvalue weighted by Gasteiger charge is -2.17. The smallest absolute Gasteiger partial charge is 0.316 e. The first-order chi connectivity index (χ1) is 12.4. The van der Waals surface area contributed by atoms with Crippen molar-refractivity contribution in [2.45, 2.75) is 76.9 Å². The van der Waals surface area contributed by atoms with E-state index < -0.39 is 12.2 Å². The normalized spacial score (nSPS) is 13.3. The number of benzene rings is 2. The number of aryl methyl sites for hydroxylation is 1. The maximum Gasteiger partial charge on any atom is 0.407 e. The first-order valence-electron chi connectivity index (χ1n) is 9.77. The van der Waals surface area contributed by atoms with Crippen LogP contribution in [0.2, 0.25) is 0 Å². The van der Waals surface area contributed by atoms with Gasteiger partial charge in [-0.15, -0.1) is 0 Å². The van der Waals surface area contributed by atoms with Gasteiger partial charge in [-0.05, 0) is 40.8 Å². The van der Waals surface area contributed by atoms with Gasteiger partial charge >= 0.3 is 6.18 Å². The maximum absolute atomic E-state index is 12.9. The van der Waals surface area contributed by atoms with E-state index in [0.29, 0.717) is 0 Å². The van der Waals surface area contributed by atoms with Crippen molar-refractivity contribution in [3.63, 3.8) is 0 Å². The molecule has 0 aromatic heterocycles. The van der Waals surface area contributed by atoms with Gasteiger partial charge in [-0.3, -0.25) is 0 Å². The van der Waals surface area contributed by atoms with Crippen LogP contribution < -0.4 is 5.73 Å². The van der Waals surface area contributed by atoms with Crippen LogP contribution in [0.3, 0.4) is 0 Å². The average molecular weight is 365 g/mol. The molecule has 0 saturated heterocycles. The van der Waals surface area contributed by atoms with E-state index in [4.69, 9.17) is 5.73 Å². The molecule has 4 heteroatoms. The molecule has 144 valence electrons. The van der Waals surface area contributed by atoms with E-state index in [9.17, 15) is 13.2 Å². The van der Waals surface area contributed by atoms with E-state index in [1.807, 2.05) is 18.2 Å². The molecule has 0 aliphatic carbocycles. The van der Waals surface area contributed by atoms with E-state index in [1.165, 1.54) is 51.0 Å². The summed E-state index contributed by atoms with van der Waals surface area (Å²) in [7, 11) is 0. The number of hydrogen-bond donors (Lipinski definition) is 1. The summed E-state index contributed by atoms with van der Waals surface area (Å²) in [5, 5.41) is 1.87. The van der Waals surface area contributed by atoms with Gasteiger partial charge in [0.15, 0.2) is 0 Å². The zero-order valence-electron chi connectivity index (χ0n) is 15.6. The third-order valence-corrected chi connectivity index (χ3v) is 5.01. The van der Waals surface area contributed by atoms with Gasteiger partial charge in [0, 0.05) is 0 Å². The van der Waals surface area contributed by atoms with Crippen LogP contribution in [0.5, 0.6) is 0 Å². The van der Waals surface area contributed by atoms with Gasteiger partial charge in [0.25, 0.3) is 0 Å². The number of nitrogens with two attached hydrogens (primary N) is 1. The lowest BCUT2D eigenvalue weighted by atomic mass is 9.95. The minimum atomic E-state index is -4.42. The van der Waals surface area contributed by atoms with Gasteiger partial charge in [-0.25, -0.2) is 0 Å². The fourth-order valence-electron chi connectivity index (χ4n) is 3.40. The SMILES string of the molecule is CCCCCCCCCCc1cccc2ccc([C@H](N)C(F)(F)F)cc12. The number of rotatable bonds is 10. The van der Waals surface area contributed by atoms with Crippen molar-refractivity contribution in [2.75, 3.05) is 0 Å². The molecular formula is C22H30F3N. The Morgan fingerprint density at radius 3 is 2.19 bits per heavy atom. The monoisotopic (exact) mass is 365 g/mol. The molecule has 2 aromatic rings. The van der Waals surface area contributed by atoms with E-state index in [1.54, 1.807) is 12.1 Å². The summed E-state index contributed by atoms with van der Waals surface area (Å²) in [5.41, 5.74) is 6.63. The Morgan fingerprint density at radius 2 is 1.54 bits per heavy atom. The third kappa shape index (κ3) is 6.01. The van der Waals surface area contributed by atoms with Gasteiger partial charge in [-0.1, -0.05) is 82.2 Å². The molecule has 2 rings (SSSR count). The van der Waals surface area contributed by atoms with Crippen LogP contribution in [0.4, 0.5) is 13.2 Å². The molecule has 26 heavy (non-hydrogen) atoms. The van der Waals surface area contributed by atoms with E-state index >= 15 is 0 Å². The average Bonchev–Trinajstić information content (AvgIpc) is 2.62. The van der Waals surface area contributed by atoms with Crippen LogP contribution in [-0.2, 0) is 6.42 Å². The van der Waals surface area contributed by atoms with E-state index in [-0.39, 0.29) is 5.56 Å². The van der Waals surface area contributed by atoms with Crippen LogP contribution in [0.1, 0.15) is 75.5 Å². The number of fused-ring (bicyclic) bond motifs is 1. The maximum atomic E-state index is 12.9. The van der Waals surface area contributed by atoms with Crippen LogP contribution in [-0.4, -0.2) is 6.18 Å². The van der Waals surface area contributed by atoms with Crippen LogP contribution in [0.25, 0.3) is 10.8 Å². The summed E-state index contributed by atoms with van der Waals surface area (Å²) in [6.07, 6.45) is 6.45. The van der Waals surface area contributed by atoms with Gasteiger partial charge in [0.1, 0.15) is 6.04 Å². The molecular weight excluding hydrogens is 335 g/mol. The molecule has 1 atom stereocenters. The molecule has 0 unspecified atom stereocenters. The zero-order chi connectivity index (χ0) is 19.0. The number of unbranched alkanes of at least 4 members (excludes halogenated alkanes) is 7. The summed E-state index contributed by atoms with van der Waals surface area (Å²) in [6, 6.07) is 8.86. The summed E-state index contributed by atoms with van der Waals surface area (Å²) in [4.78, 5) is 0. The van der Waals surface area contributed by atoms with Crippen molar-refractivity contribution in [1.29, 1.82) is 0 Å². The molecule has 2 aromatic carbocycles. The molecule has 0 aliphatic rings. The van der Waals surface area contributed by atoms with E-state index in [0.717, 1.165) is 29.2 Å². The highest BCUT2D eigenvalue weighted by Crippen LogP contribution is 2.33. The van der Waals surface area contributed by atoms with Gasteiger partial charge in [0.2, 0.25) is 0 Å². The molecule has 0 fully saturated rings. The molecule has 0 saturated carbocycles. The summed E-state index contributed by atoms with van der Waals surface area (Å²) < 4.78 is 38.7. The second-order valence-electron chi connectivity index (χ2n) is 7.14. The quantitative estimate of drug-likeness (QED) is 0.447. The molecule has 0 amide bonds. The molecule has 0 spiro atoms. The summed E-state index contributed by atoms with van der Waals surface area (Å²) in [5.74, 6) is 0. The second-order valence-corrected chi connectivity index (χ2v) is 7.14. The van der Waals surface area contributed by atoms with Crippen LogP contribution >= 0.6 is 0 Å². The summed E-state index contributed by atoms with van der Waals surface area (Å²) in [6.45, 7) is 2.22. The van der Waals surface area contributed by atoms with Gasteiger partial charge < -0.3 is 5.73 Å². The van der Waals surface area contributed by atoms with Crippen LogP contribution in [0, 0.1) is 0 Å². The lowest BCUT2D eigenvalue weighted by molar-refractivity contribution is -0.149. The third-order valence-electron chi connectivity index (χ3n) is 5.01. The van der Waals surface area contributed by atoms with Crippen molar-refractivity contribution >= 4 is 10.8 Å². The highest BCUT2D eigenvalue weighted by atomic mass is 19.4. The Hall–Kier alpha value is -1.55. The highest BCUT2D eigenvalue weighted by molar-refractivity contribution is 5.86. The second kappa shape index (κ2) is 9.96. The number of hydrogen-bond acceptors (Lipinski definition) is 1. The Morgan fingerprint density at radius 1 is 0.885 bits per heavy atom. The lowest BCUT2D eigenvalue weighted by Crippen LogP contribution is -2.28. The minimum absolute atomic E-state index is 0.133. The molecule has 0 bridgehead atoms. The largest absolute Gasteiger partial charge is 0.407 e. The van der Waals surface area contributed by atoms with Gasteiger partial charge in [0.05, 0.1) is 0 Å². The predicted octanol–water partition coefficient (Wildman–Crippen LogP) is 7.09. The highest BCUT2D eigenvalue weighted by Gasteiger charge is 2.37. The fraction of sp³-hybridized carbons (Fsp3) is 0.545. The van der Waals surface area contributed by atoms with Crippen molar-refractivity contribution in [2.24, 2.45) is 5.73 Å². The van der Waals surface area contributed by atoms with Crippen molar-refractivity contribution < 1.29 is 13.2 Å². The number of halogens is 3. The fourth-order valence-corrected chi connectivity index (χ4v) is 3.40. The Kier molecular flexibility index (Phi) is 7.95. The standard InChI is InChI=1S/C22H30F3N/c1-2-3-4-5-6-7-8-9-11-17-12-10-13-18-14-15-19(16-20(17)18)21(26)22(23,24)25/h10,12-16,21H,2-9,11,26H2,1H3/t21-/m0/s1. The summed E-state index contributed by atoms with van der Waals surface area (Å²) >= 11 is 0.